The Hall–Kier alpha value is -4.29. The average Bonchev–Trinajstić information content (AvgIpc) is 3.34. The van der Waals surface area contributed by atoms with E-state index in [0.29, 0.717) is 31.5 Å². The molecule has 1 aliphatic heterocycles. The molecule has 3 N–H and O–H groups in total. The number of ether oxygens (including phenoxy) is 2. The van der Waals surface area contributed by atoms with Gasteiger partial charge in [-0.05, 0) is 63.9 Å². The van der Waals surface area contributed by atoms with Crippen LogP contribution in [0.2, 0.25) is 0 Å². The number of aromatic nitrogens is 3. The van der Waals surface area contributed by atoms with Gasteiger partial charge in [0.05, 0.1) is 17.8 Å². The topological polar surface area (TPSA) is 125 Å². The number of nitrogens with two attached hydrogens (primary N) is 1. The molecule has 2 amide bonds. The molecule has 208 valence electrons. The summed E-state index contributed by atoms with van der Waals surface area (Å²) in [6.45, 7) is 6.59. The lowest BCUT2D eigenvalue weighted by molar-refractivity contribution is -0.274. The number of nitrogens with zero attached hydrogens (tertiary/aromatic N) is 4. The summed E-state index contributed by atoms with van der Waals surface area (Å²) < 4.78 is 48.2. The van der Waals surface area contributed by atoms with Crippen molar-refractivity contribution in [3.05, 3.63) is 54.5 Å². The van der Waals surface area contributed by atoms with E-state index in [2.05, 4.69) is 20.1 Å². The zero-order chi connectivity index (χ0) is 28.4. The maximum absolute atomic E-state index is 12.9. The van der Waals surface area contributed by atoms with Crippen molar-refractivity contribution in [2.75, 3.05) is 24.1 Å². The molecule has 0 aliphatic carbocycles. The molecule has 3 aromatic rings. The average molecular weight is 547 g/mol. The number of nitrogens with one attached hydrogen (secondary N) is 1. The third kappa shape index (κ3) is 7.39. The number of hydrogen-bond donors (Lipinski definition) is 2. The predicted molar refractivity (Wildman–Crippen MR) is 137 cm³/mol. The van der Waals surface area contributed by atoms with E-state index < -0.39 is 23.6 Å². The van der Waals surface area contributed by atoms with Gasteiger partial charge in [0.2, 0.25) is 0 Å². The Balaban J connectivity index is 1.40. The highest BCUT2D eigenvalue weighted by Gasteiger charge is 2.31. The van der Waals surface area contributed by atoms with Crippen molar-refractivity contribution in [3.8, 4) is 16.9 Å². The molecule has 2 aromatic heterocycles. The van der Waals surface area contributed by atoms with E-state index in [9.17, 15) is 22.8 Å². The molecule has 1 fully saturated rings. The first-order chi connectivity index (χ1) is 18.3. The Morgan fingerprint density at radius 3 is 2.33 bits per heavy atom. The largest absolute Gasteiger partial charge is 0.573 e. The summed E-state index contributed by atoms with van der Waals surface area (Å²) in [5.41, 5.74) is 7.07. The van der Waals surface area contributed by atoms with Gasteiger partial charge in [-0.15, -0.1) is 13.2 Å². The summed E-state index contributed by atoms with van der Waals surface area (Å²) in [6.07, 6.45) is 1.32. The number of alkyl halides is 3. The molecule has 1 saturated heterocycles. The first kappa shape index (κ1) is 27.7. The lowest BCUT2D eigenvalue weighted by Gasteiger charge is -2.33. The number of anilines is 2. The zero-order valence-corrected chi connectivity index (χ0v) is 21.7. The Kier molecular flexibility index (Phi) is 7.70. The van der Waals surface area contributed by atoms with Crippen LogP contribution in [0.15, 0.2) is 48.9 Å². The smallest absolute Gasteiger partial charge is 0.444 e. The monoisotopic (exact) mass is 546 g/mol. The SMILES string of the molecule is CC(C)(C)OC(=O)N1CCC(n2cc(-c3cnc(N)c(C(=O)Nc4ccc(OC(F)(F)F)cc4)c3)cn2)CC1. The number of nitrogen functional groups attached to an aromatic ring is 1. The molecule has 1 aliphatic rings. The molecule has 1 aromatic carbocycles. The number of carbonyl (C=O) groups excluding carboxylic acids is 2. The van der Waals surface area contributed by atoms with Crippen molar-refractivity contribution >= 4 is 23.5 Å². The van der Waals surface area contributed by atoms with Crippen LogP contribution < -0.4 is 15.8 Å². The van der Waals surface area contributed by atoms with Gasteiger partial charge in [0.15, 0.2) is 0 Å². The Morgan fingerprint density at radius 1 is 1.05 bits per heavy atom. The van der Waals surface area contributed by atoms with Gasteiger partial charge in [-0.2, -0.15) is 5.10 Å². The summed E-state index contributed by atoms with van der Waals surface area (Å²) in [7, 11) is 0. The van der Waals surface area contributed by atoms with Crippen LogP contribution in [-0.4, -0.2) is 56.7 Å². The highest BCUT2D eigenvalue weighted by Crippen LogP contribution is 2.28. The summed E-state index contributed by atoms with van der Waals surface area (Å²) >= 11 is 0. The van der Waals surface area contributed by atoms with Gasteiger partial charge in [-0.3, -0.25) is 9.48 Å². The summed E-state index contributed by atoms with van der Waals surface area (Å²) in [5, 5.41) is 7.07. The van der Waals surface area contributed by atoms with Crippen LogP contribution in [0.4, 0.5) is 29.5 Å². The van der Waals surface area contributed by atoms with E-state index in [1.54, 1.807) is 17.2 Å². The summed E-state index contributed by atoms with van der Waals surface area (Å²) in [5.74, 6) is -0.986. The fraction of sp³-hybridized carbons (Fsp3) is 0.385. The van der Waals surface area contributed by atoms with Crippen molar-refractivity contribution < 1.29 is 32.2 Å². The van der Waals surface area contributed by atoms with Crippen LogP contribution in [0.1, 0.15) is 50.0 Å². The summed E-state index contributed by atoms with van der Waals surface area (Å²) in [4.78, 5) is 31.0. The lowest BCUT2D eigenvalue weighted by Crippen LogP contribution is -2.42. The molecule has 39 heavy (non-hydrogen) atoms. The standard InChI is InChI=1S/C26H29F3N6O4/c1-25(2,3)39-24(37)34-10-8-19(9-11-34)35-15-17(14-32-35)16-12-21(22(30)31-13-16)23(36)33-18-4-6-20(7-5-18)38-26(27,28)29/h4-7,12-15,19H,8-11H2,1-3H3,(H2,30,31)(H,33,36). The zero-order valence-electron chi connectivity index (χ0n) is 21.7. The number of carbonyl (C=O) groups is 2. The van der Waals surface area contributed by atoms with E-state index in [1.807, 2.05) is 31.6 Å². The first-order valence-electron chi connectivity index (χ1n) is 12.2. The molecule has 0 atom stereocenters. The lowest BCUT2D eigenvalue weighted by atomic mass is 10.1. The predicted octanol–water partition coefficient (Wildman–Crippen LogP) is 5.25. The highest BCUT2D eigenvalue weighted by molar-refractivity contribution is 6.07. The number of rotatable bonds is 5. The Morgan fingerprint density at radius 2 is 1.72 bits per heavy atom. The minimum absolute atomic E-state index is 0.00446. The summed E-state index contributed by atoms with van der Waals surface area (Å²) in [6, 6.07) is 6.41. The van der Waals surface area contributed by atoms with Crippen molar-refractivity contribution in [2.24, 2.45) is 0 Å². The van der Waals surface area contributed by atoms with Crippen LogP contribution in [-0.2, 0) is 4.74 Å². The fourth-order valence-corrected chi connectivity index (χ4v) is 4.08. The van der Waals surface area contributed by atoms with E-state index >= 15 is 0 Å². The van der Waals surface area contributed by atoms with Gasteiger partial charge in [-0.1, -0.05) is 0 Å². The van der Waals surface area contributed by atoms with Crippen molar-refractivity contribution in [1.29, 1.82) is 0 Å². The minimum atomic E-state index is -4.81. The van der Waals surface area contributed by atoms with Crippen LogP contribution in [0.25, 0.3) is 11.1 Å². The number of amides is 2. The number of likely N-dealkylation sites (tertiary alicyclic amines) is 1. The third-order valence-electron chi connectivity index (χ3n) is 5.93. The second kappa shape index (κ2) is 10.8. The number of pyridine rings is 1. The molecule has 0 unspecified atom stereocenters. The van der Waals surface area contributed by atoms with Crippen LogP contribution >= 0.6 is 0 Å². The van der Waals surface area contributed by atoms with Gasteiger partial charge in [0.1, 0.15) is 17.2 Å². The normalized spacial score (nSPS) is 14.7. The number of benzene rings is 1. The molecule has 4 rings (SSSR count). The van der Waals surface area contributed by atoms with E-state index in [-0.39, 0.29) is 29.2 Å². The molecule has 0 radical (unpaired) electrons. The maximum atomic E-state index is 12.9. The molecule has 0 spiro atoms. The van der Waals surface area contributed by atoms with E-state index in [4.69, 9.17) is 10.5 Å². The molecular weight excluding hydrogens is 517 g/mol. The number of halogens is 3. The second-order valence-corrected chi connectivity index (χ2v) is 10.1. The highest BCUT2D eigenvalue weighted by atomic mass is 19.4. The number of hydrogen-bond acceptors (Lipinski definition) is 7. The van der Waals surface area contributed by atoms with Gasteiger partial charge in [-0.25, -0.2) is 9.78 Å². The van der Waals surface area contributed by atoms with Gasteiger partial charge in [0, 0.05) is 42.3 Å². The quantitative estimate of drug-likeness (QED) is 0.448. The molecule has 13 heteroatoms. The Bertz CT molecular complexity index is 1330. The van der Waals surface area contributed by atoms with Crippen LogP contribution in [0, 0.1) is 0 Å². The van der Waals surface area contributed by atoms with Crippen molar-refractivity contribution in [1.82, 2.24) is 19.7 Å². The van der Waals surface area contributed by atoms with E-state index in [0.717, 1.165) is 17.7 Å². The third-order valence-corrected chi connectivity index (χ3v) is 5.93. The van der Waals surface area contributed by atoms with Crippen LogP contribution in [0.3, 0.4) is 0 Å². The molecule has 10 nitrogen and oxygen atoms in total. The van der Waals surface area contributed by atoms with Crippen molar-refractivity contribution in [2.45, 2.75) is 51.6 Å². The number of piperidine rings is 1. The van der Waals surface area contributed by atoms with Gasteiger partial charge >= 0.3 is 12.5 Å². The van der Waals surface area contributed by atoms with E-state index in [1.165, 1.54) is 18.3 Å². The van der Waals surface area contributed by atoms with Gasteiger partial charge < -0.3 is 25.4 Å². The molecular formula is C26H29F3N6O4. The molecule has 3 heterocycles. The molecule has 0 bridgehead atoms. The molecule has 0 saturated carbocycles. The maximum Gasteiger partial charge on any atom is 0.573 e. The van der Waals surface area contributed by atoms with Crippen molar-refractivity contribution in [3.63, 3.8) is 0 Å². The minimum Gasteiger partial charge on any atom is -0.444 e. The first-order valence-corrected chi connectivity index (χ1v) is 12.2. The fourth-order valence-electron chi connectivity index (χ4n) is 4.08. The second-order valence-electron chi connectivity index (χ2n) is 10.1. The Labute approximate surface area is 222 Å². The van der Waals surface area contributed by atoms with Crippen LogP contribution in [0.5, 0.6) is 5.75 Å². The van der Waals surface area contributed by atoms with Gasteiger partial charge in [0.25, 0.3) is 5.91 Å².